The Morgan fingerprint density at radius 3 is 2.61 bits per heavy atom. The molecule has 38 heavy (non-hydrogen) atoms. The van der Waals surface area contributed by atoms with Crippen molar-refractivity contribution in [2.45, 2.75) is 32.4 Å². The molecule has 0 atom stereocenters. The number of aromatic nitrogens is 1. The van der Waals surface area contributed by atoms with Crippen LogP contribution in [0.25, 0.3) is 0 Å². The predicted molar refractivity (Wildman–Crippen MR) is 151 cm³/mol. The van der Waals surface area contributed by atoms with Crippen LogP contribution in [0.5, 0.6) is 0 Å². The Bertz CT molecular complexity index is 1300. The Labute approximate surface area is 226 Å². The molecule has 196 valence electrons. The lowest BCUT2D eigenvalue weighted by Crippen LogP contribution is -2.49. The number of thiazole rings is 1. The summed E-state index contributed by atoms with van der Waals surface area (Å²) in [5.41, 5.74) is 2.48. The highest BCUT2D eigenvalue weighted by Gasteiger charge is 2.31. The minimum atomic E-state index is -0.259. The van der Waals surface area contributed by atoms with E-state index < -0.39 is 0 Å². The van der Waals surface area contributed by atoms with Gasteiger partial charge in [-0.05, 0) is 42.7 Å². The normalized spacial score (nSPS) is 14.2. The molecule has 9 nitrogen and oxygen atoms in total. The summed E-state index contributed by atoms with van der Waals surface area (Å²) in [7, 11) is 0. The highest BCUT2D eigenvalue weighted by atomic mass is 32.1. The van der Waals surface area contributed by atoms with Crippen molar-refractivity contribution >= 4 is 40.6 Å². The van der Waals surface area contributed by atoms with Crippen LogP contribution >= 0.6 is 11.3 Å². The van der Waals surface area contributed by atoms with Gasteiger partial charge in [0.1, 0.15) is 5.84 Å². The summed E-state index contributed by atoms with van der Waals surface area (Å²) in [5, 5.41) is 29.4. The fraction of sp³-hybridized carbons (Fsp3) is 0.250. The second kappa shape index (κ2) is 12.9. The van der Waals surface area contributed by atoms with Crippen molar-refractivity contribution < 1.29 is 9.53 Å². The van der Waals surface area contributed by atoms with E-state index in [1.54, 1.807) is 47.0 Å². The van der Waals surface area contributed by atoms with Crippen molar-refractivity contribution in [1.82, 2.24) is 14.8 Å². The quantitative estimate of drug-likeness (QED) is 0.236. The molecule has 2 heterocycles. The van der Waals surface area contributed by atoms with Crippen LogP contribution in [0.1, 0.15) is 40.7 Å². The van der Waals surface area contributed by atoms with Gasteiger partial charge in [0.25, 0.3) is 5.91 Å². The van der Waals surface area contributed by atoms with E-state index >= 15 is 0 Å². The van der Waals surface area contributed by atoms with E-state index in [2.05, 4.69) is 27.3 Å². The molecular weight excluding hydrogens is 498 g/mol. The highest BCUT2D eigenvalue weighted by Crippen LogP contribution is 2.22. The molecule has 0 bridgehead atoms. The number of ether oxygens (including phenoxy) is 1. The van der Waals surface area contributed by atoms with Gasteiger partial charge in [0.15, 0.2) is 10.9 Å². The summed E-state index contributed by atoms with van der Waals surface area (Å²) >= 11 is 1.28. The maximum Gasteiger partial charge on any atom is 0.288 e. The third-order valence-corrected chi connectivity index (χ3v) is 6.90. The Balaban J connectivity index is 1.42. The average Bonchev–Trinajstić information content (AvgIpc) is 3.45. The van der Waals surface area contributed by atoms with E-state index in [0.717, 1.165) is 32.5 Å². The van der Waals surface area contributed by atoms with Crippen LogP contribution in [0.4, 0.5) is 5.69 Å². The lowest BCUT2D eigenvalue weighted by Gasteiger charge is -2.37. The SMILES string of the molecule is CC(=N)OC(=N)c1cccc(N/C=C\C(=N)N(C(=O)c2nccs2)C2CCN(Cc3ccccc3)CC2)c1. The number of amides is 1. The average molecular weight is 530 g/mol. The summed E-state index contributed by atoms with van der Waals surface area (Å²) in [6.07, 6.45) is 6.32. The van der Waals surface area contributed by atoms with Gasteiger partial charge in [-0.3, -0.25) is 30.8 Å². The summed E-state index contributed by atoms with van der Waals surface area (Å²) in [6, 6.07) is 17.3. The molecule has 1 amide bonds. The molecule has 4 N–H and O–H groups in total. The second-order valence-electron chi connectivity index (χ2n) is 8.94. The van der Waals surface area contributed by atoms with Gasteiger partial charge in [0.2, 0.25) is 5.90 Å². The summed E-state index contributed by atoms with van der Waals surface area (Å²) in [4.78, 5) is 21.5. The van der Waals surface area contributed by atoms with E-state index in [1.165, 1.54) is 23.8 Å². The monoisotopic (exact) mass is 529 g/mol. The molecule has 1 aliphatic rings. The zero-order chi connectivity index (χ0) is 26.9. The number of piperidine rings is 1. The number of nitrogens with one attached hydrogen (secondary N) is 4. The van der Waals surface area contributed by atoms with Gasteiger partial charge >= 0.3 is 0 Å². The minimum absolute atomic E-state index is 0.0578. The first kappa shape index (κ1) is 26.9. The lowest BCUT2D eigenvalue weighted by atomic mass is 10.0. The molecule has 1 fully saturated rings. The van der Waals surface area contributed by atoms with E-state index in [-0.39, 0.29) is 29.6 Å². The largest absolute Gasteiger partial charge is 0.426 e. The number of carbonyl (C=O) groups is 1. The van der Waals surface area contributed by atoms with Gasteiger partial charge in [-0.15, -0.1) is 11.3 Å². The van der Waals surface area contributed by atoms with Crippen LogP contribution in [0.15, 0.2) is 78.5 Å². The van der Waals surface area contributed by atoms with Crippen LogP contribution in [-0.4, -0.2) is 57.5 Å². The number of hydrogen-bond acceptors (Lipinski definition) is 9. The van der Waals surface area contributed by atoms with Gasteiger partial charge in [-0.25, -0.2) is 4.98 Å². The number of rotatable bonds is 8. The van der Waals surface area contributed by atoms with E-state index in [0.29, 0.717) is 16.3 Å². The number of likely N-dealkylation sites (tertiary alicyclic amines) is 1. The first-order chi connectivity index (χ1) is 18.4. The van der Waals surface area contributed by atoms with Crippen molar-refractivity contribution in [3.8, 4) is 0 Å². The number of hydrogen-bond donors (Lipinski definition) is 4. The molecule has 0 spiro atoms. The van der Waals surface area contributed by atoms with E-state index in [1.807, 2.05) is 24.3 Å². The maximum absolute atomic E-state index is 13.4. The Hall–Kier alpha value is -4.15. The smallest absolute Gasteiger partial charge is 0.288 e. The van der Waals surface area contributed by atoms with Crippen LogP contribution in [0.3, 0.4) is 0 Å². The zero-order valence-corrected chi connectivity index (χ0v) is 22.0. The lowest BCUT2D eigenvalue weighted by molar-refractivity contribution is 0.0729. The molecule has 1 aromatic heterocycles. The van der Waals surface area contributed by atoms with Crippen LogP contribution in [0, 0.1) is 16.2 Å². The summed E-state index contributed by atoms with van der Waals surface area (Å²) < 4.78 is 5.07. The number of anilines is 1. The first-order valence-corrected chi connectivity index (χ1v) is 13.2. The zero-order valence-electron chi connectivity index (χ0n) is 21.2. The van der Waals surface area contributed by atoms with Gasteiger partial charge in [-0.2, -0.15) is 0 Å². The van der Waals surface area contributed by atoms with Crippen LogP contribution < -0.4 is 5.32 Å². The predicted octanol–water partition coefficient (Wildman–Crippen LogP) is 5.19. The first-order valence-electron chi connectivity index (χ1n) is 12.3. The van der Waals surface area contributed by atoms with Crippen molar-refractivity contribution in [3.05, 3.63) is 94.6 Å². The second-order valence-corrected chi connectivity index (χ2v) is 9.83. The molecular formula is C28H31N7O2S. The Morgan fingerprint density at radius 1 is 1.16 bits per heavy atom. The third-order valence-electron chi connectivity index (χ3n) is 6.14. The fourth-order valence-electron chi connectivity index (χ4n) is 4.34. The molecule has 1 aliphatic heterocycles. The van der Waals surface area contributed by atoms with E-state index in [4.69, 9.17) is 21.0 Å². The van der Waals surface area contributed by atoms with Crippen LogP contribution in [-0.2, 0) is 11.3 Å². The number of carbonyl (C=O) groups excluding carboxylic acids is 1. The van der Waals surface area contributed by atoms with Crippen LogP contribution in [0.2, 0.25) is 0 Å². The van der Waals surface area contributed by atoms with Gasteiger partial charge in [0.05, 0.1) is 0 Å². The van der Waals surface area contributed by atoms with Gasteiger partial charge < -0.3 is 10.1 Å². The maximum atomic E-state index is 13.4. The van der Waals surface area contributed by atoms with Crippen molar-refractivity contribution in [2.75, 3.05) is 18.4 Å². The molecule has 2 aromatic carbocycles. The third kappa shape index (κ3) is 7.21. The minimum Gasteiger partial charge on any atom is -0.426 e. The van der Waals surface area contributed by atoms with Crippen molar-refractivity contribution in [2.24, 2.45) is 0 Å². The standard InChI is InChI=1S/C28H31N7O2S/c1-20(29)37-26(31)22-8-5-9-23(18-22)32-13-10-25(30)35(28(36)27-33-14-17-38-27)24-11-15-34(16-12-24)19-21-6-3-2-4-7-21/h2-10,13-14,17-18,24,29-32H,11-12,15-16,19H2,1H3/b13-10-,29-20?,30-25?,31-26?. The molecule has 0 unspecified atom stereocenters. The number of amidine groups is 1. The molecule has 10 heteroatoms. The Morgan fingerprint density at radius 2 is 1.92 bits per heavy atom. The topological polar surface area (TPSA) is 129 Å². The molecule has 1 saturated heterocycles. The Kier molecular flexibility index (Phi) is 9.12. The van der Waals surface area contributed by atoms with Crippen molar-refractivity contribution in [1.29, 1.82) is 16.2 Å². The van der Waals surface area contributed by atoms with Gasteiger partial charge in [0, 0.05) is 61.6 Å². The molecule has 0 radical (unpaired) electrons. The molecule has 0 aliphatic carbocycles. The molecule has 0 saturated carbocycles. The number of nitrogens with zero attached hydrogens (tertiary/aromatic N) is 3. The van der Waals surface area contributed by atoms with Crippen molar-refractivity contribution in [3.63, 3.8) is 0 Å². The summed E-state index contributed by atoms with van der Waals surface area (Å²) in [5.74, 6) is -0.342. The van der Waals surface area contributed by atoms with E-state index in [9.17, 15) is 4.79 Å². The number of benzene rings is 2. The summed E-state index contributed by atoms with van der Waals surface area (Å²) in [6.45, 7) is 4.02. The van der Waals surface area contributed by atoms with Gasteiger partial charge in [-0.1, -0.05) is 36.4 Å². The molecule has 4 rings (SSSR count). The molecule has 3 aromatic rings. The highest BCUT2D eigenvalue weighted by molar-refractivity contribution is 7.11. The fourth-order valence-corrected chi connectivity index (χ4v) is 4.91.